The van der Waals surface area contributed by atoms with Gasteiger partial charge in [-0.25, -0.2) is 0 Å². The van der Waals surface area contributed by atoms with Crippen LogP contribution in [0.5, 0.6) is 17.2 Å². The Labute approximate surface area is 161 Å². The lowest BCUT2D eigenvalue weighted by molar-refractivity contribution is 0.104. The quantitative estimate of drug-likeness (QED) is 0.419. The van der Waals surface area contributed by atoms with Crippen molar-refractivity contribution in [2.75, 3.05) is 19.8 Å². The summed E-state index contributed by atoms with van der Waals surface area (Å²) in [6.07, 6.45) is 4.22. The molecule has 0 saturated carbocycles. The lowest BCUT2D eigenvalue weighted by Gasteiger charge is -2.15. The number of rotatable bonds is 10. The summed E-state index contributed by atoms with van der Waals surface area (Å²) in [5, 5.41) is 0. The third-order valence-electron chi connectivity index (χ3n) is 4.01. The maximum Gasteiger partial charge on any atom is 0.189 e. The second-order valence-corrected chi connectivity index (χ2v) is 5.86. The Hall–Kier alpha value is -2.75. The summed E-state index contributed by atoms with van der Waals surface area (Å²) in [4.78, 5) is 12.7. The fourth-order valence-corrected chi connectivity index (χ4v) is 2.78. The summed E-state index contributed by atoms with van der Waals surface area (Å²) in [6, 6.07) is 11.3. The molecule has 4 nitrogen and oxygen atoms in total. The van der Waals surface area contributed by atoms with Gasteiger partial charge in [0, 0.05) is 5.56 Å². The van der Waals surface area contributed by atoms with Gasteiger partial charge >= 0.3 is 0 Å². The van der Waals surface area contributed by atoms with E-state index in [1.165, 1.54) is 0 Å². The minimum Gasteiger partial charge on any atom is -0.493 e. The first-order valence-electron chi connectivity index (χ1n) is 9.51. The van der Waals surface area contributed by atoms with Crippen molar-refractivity contribution in [1.29, 1.82) is 0 Å². The summed E-state index contributed by atoms with van der Waals surface area (Å²) in [5.74, 6) is 1.86. The number of allylic oxidation sites excluding steroid dienone is 1. The van der Waals surface area contributed by atoms with Crippen LogP contribution >= 0.6 is 0 Å². The molecule has 27 heavy (non-hydrogen) atoms. The van der Waals surface area contributed by atoms with Gasteiger partial charge in [0.25, 0.3) is 0 Å². The van der Waals surface area contributed by atoms with Gasteiger partial charge in [-0.1, -0.05) is 19.1 Å². The molecule has 0 atom stereocenters. The van der Waals surface area contributed by atoms with Crippen LogP contribution < -0.4 is 14.2 Å². The molecule has 0 radical (unpaired) electrons. The van der Waals surface area contributed by atoms with Gasteiger partial charge in [0.1, 0.15) is 5.75 Å². The van der Waals surface area contributed by atoms with Crippen LogP contribution in [-0.4, -0.2) is 25.6 Å². The predicted octanol–water partition coefficient (Wildman–Crippen LogP) is 5.34. The van der Waals surface area contributed by atoms with E-state index in [0.29, 0.717) is 42.6 Å². The van der Waals surface area contributed by atoms with Crippen molar-refractivity contribution in [2.24, 2.45) is 0 Å². The molecule has 0 fully saturated rings. The van der Waals surface area contributed by atoms with Crippen LogP contribution in [0.3, 0.4) is 0 Å². The summed E-state index contributed by atoms with van der Waals surface area (Å²) < 4.78 is 17.1. The van der Waals surface area contributed by atoms with Gasteiger partial charge in [-0.05, 0) is 69.2 Å². The number of hydrogen-bond donors (Lipinski definition) is 0. The molecule has 0 aliphatic rings. The summed E-state index contributed by atoms with van der Waals surface area (Å²) in [5.41, 5.74) is 2.51. The van der Waals surface area contributed by atoms with Crippen LogP contribution in [0.2, 0.25) is 0 Å². The number of aryl methyl sites for hydroxylation is 1. The average Bonchev–Trinajstić information content (AvgIpc) is 2.68. The molecule has 0 aliphatic heterocycles. The van der Waals surface area contributed by atoms with Crippen LogP contribution in [0.15, 0.2) is 42.5 Å². The summed E-state index contributed by atoms with van der Waals surface area (Å²) in [6.45, 7) is 9.45. The fourth-order valence-electron chi connectivity index (χ4n) is 2.78. The molecule has 144 valence electrons. The van der Waals surface area contributed by atoms with Crippen molar-refractivity contribution in [3.63, 3.8) is 0 Å². The fraction of sp³-hybridized carbons (Fsp3) is 0.348. The molecule has 0 N–H and O–H groups in total. The van der Waals surface area contributed by atoms with Crippen molar-refractivity contribution in [3.8, 4) is 17.2 Å². The van der Waals surface area contributed by atoms with E-state index < -0.39 is 0 Å². The molecular formula is C23H28O4. The smallest absolute Gasteiger partial charge is 0.189 e. The highest BCUT2D eigenvalue weighted by atomic mass is 16.5. The van der Waals surface area contributed by atoms with E-state index in [-0.39, 0.29) is 5.78 Å². The van der Waals surface area contributed by atoms with Crippen molar-refractivity contribution in [3.05, 3.63) is 59.2 Å². The second kappa shape index (κ2) is 10.4. The van der Waals surface area contributed by atoms with E-state index in [1.54, 1.807) is 24.3 Å². The third-order valence-corrected chi connectivity index (χ3v) is 4.01. The van der Waals surface area contributed by atoms with Gasteiger partial charge in [-0.15, -0.1) is 0 Å². The second-order valence-electron chi connectivity index (χ2n) is 5.86. The SMILES string of the molecule is CCOc1ccccc1C(=O)/C=C/c1cc(CC)cc(OCC)c1OCC. The highest BCUT2D eigenvalue weighted by Crippen LogP contribution is 2.34. The summed E-state index contributed by atoms with van der Waals surface area (Å²) >= 11 is 0. The zero-order valence-corrected chi connectivity index (χ0v) is 16.6. The Bertz CT molecular complexity index is 793. The van der Waals surface area contributed by atoms with Crippen molar-refractivity contribution >= 4 is 11.9 Å². The normalized spacial score (nSPS) is 10.8. The number of carbonyl (C=O) groups excluding carboxylic acids is 1. The highest BCUT2D eigenvalue weighted by molar-refractivity contribution is 6.08. The molecule has 0 saturated heterocycles. The topological polar surface area (TPSA) is 44.8 Å². The minimum atomic E-state index is -0.110. The monoisotopic (exact) mass is 368 g/mol. The number of benzene rings is 2. The number of ether oxygens (including phenoxy) is 3. The highest BCUT2D eigenvalue weighted by Gasteiger charge is 2.13. The van der Waals surface area contributed by atoms with Crippen LogP contribution in [0.1, 0.15) is 49.2 Å². The van der Waals surface area contributed by atoms with E-state index in [4.69, 9.17) is 14.2 Å². The molecule has 0 spiro atoms. The van der Waals surface area contributed by atoms with Gasteiger partial charge in [0.15, 0.2) is 17.3 Å². The van der Waals surface area contributed by atoms with E-state index >= 15 is 0 Å². The first kappa shape index (κ1) is 20.6. The standard InChI is InChI=1S/C23H28O4/c1-5-17-15-18(23(27-8-4)22(16-17)26-7-3)13-14-20(24)19-11-9-10-12-21(19)25-6-2/h9-16H,5-8H2,1-4H3/b14-13+. The molecule has 0 aliphatic carbocycles. The van der Waals surface area contributed by atoms with E-state index in [0.717, 1.165) is 17.5 Å². The number of ketones is 1. The molecule has 0 amide bonds. The molecule has 0 bridgehead atoms. The lowest BCUT2D eigenvalue weighted by atomic mass is 10.0. The minimum absolute atomic E-state index is 0.110. The Morgan fingerprint density at radius 2 is 1.56 bits per heavy atom. The van der Waals surface area contributed by atoms with Crippen molar-refractivity contribution in [2.45, 2.75) is 34.1 Å². The molecule has 0 aromatic heterocycles. The zero-order valence-electron chi connectivity index (χ0n) is 16.6. The molecule has 2 aromatic carbocycles. The van der Waals surface area contributed by atoms with E-state index in [2.05, 4.69) is 6.92 Å². The molecule has 2 rings (SSSR count). The molecule has 0 unspecified atom stereocenters. The van der Waals surface area contributed by atoms with Gasteiger partial charge < -0.3 is 14.2 Å². The van der Waals surface area contributed by atoms with E-state index in [1.807, 2.05) is 45.0 Å². The van der Waals surface area contributed by atoms with Crippen molar-refractivity contribution in [1.82, 2.24) is 0 Å². The Kier molecular flexibility index (Phi) is 7.93. The average molecular weight is 368 g/mol. The molecule has 4 heteroatoms. The van der Waals surface area contributed by atoms with Crippen LogP contribution in [0.4, 0.5) is 0 Å². The zero-order chi connectivity index (χ0) is 19.6. The van der Waals surface area contributed by atoms with Gasteiger partial charge in [0.05, 0.1) is 25.4 Å². The number of para-hydroxylation sites is 1. The lowest BCUT2D eigenvalue weighted by Crippen LogP contribution is -2.03. The van der Waals surface area contributed by atoms with Gasteiger partial charge in [0.2, 0.25) is 0 Å². The molecule has 0 heterocycles. The predicted molar refractivity (Wildman–Crippen MR) is 109 cm³/mol. The number of hydrogen-bond acceptors (Lipinski definition) is 4. The van der Waals surface area contributed by atoms with Crippen LogP contribution in [0.25, 0.3) is 6.08 Å². The van der Waals surface area contributed by atoms with E-state index in [9.17, 15) is 4.79 Å². The van der Waals surface area contributed by atoms with Crippen LogP contribution in [-0.2, 0) is 6.42 Å². The van der Waals surface area contributed by atoms with Crippen molar-refractivity contribution < 1.29 is 19.0 Å². The maximum atomic E-state index is 12.7. The van der Waals surface area contributed by atoms with Crippen LogP contribution in [0, 0.1) is 0 Å². The van der Waals surface area contributed by atoms with Gasteiger partial charge in [-0.2, -0.15) is 0 Å². The largest absolute Gasteiger partial charge is 0.493 e. The first-order valence-corrected chi connectivity index (χ1v) is 9.51. The summed E-state index contributed by atoms with van der Waals surface area (Å²) in [7, 11) is 0. The number of carbonyl (C=O) groups is 1. The molecule has 2 aromatic rings. The third kappa shape index (κ3) is 5.36. The first-order chi connectivity index (χ1) is 13.1. The Morgan fingerprint density at radius 3 is 2.22 bits per heavy atom. The Morgan fingerprint density at radius 1 is 0.889 bits per heavy atom. The Balaban J connectivity index is 2.40. The molecular weight excluding hydrogens is 340 g/mol. The van der Waals surface area contributed by atoms with Gasteiger partial charge in [-0.3, -0.25) is 4.79 Å². The maximum absolute atomic E-state index is 12.7.